The number of anilines is 2. The fourth-order valence-corrected chi connectivity index (χ4v) is 4.85. The summed E-state index contributed by atoms with van der Waals surface area (Å²) < 4.78 is 35.6. The van der Waals surface area contributed by atoms with E-state index >= 15 is 0 Å². The van der Waals surface area contributed by atoms with Gasteiger partial charge in [0.15, 0.2) is 5.82 Å². The quantitative estimate of drug-likeness (QED) is 0.367. The standard InChI is InChI=1S/C25H22N6O5S/c1-16-17(2)30(15-26-16)22-11-12-23(28-27-22)36-20-7-3-18(4-8-20)29-37(34,35)21-9-5-19(6-10-21)31-24(32)13-14-25(31)33/h3-12,15,29H,13-14H2,1-2H3. The Morgan fingerprint density at radius 1 is 0.865 bits per heavy atom. The Hall–Kier alpha value is -4.58. The molecule has 0 unspecified atom stereocenters. The fraction of sp³-hybridized carbons (Fsp3) is 0.160. The van der Waals surface area contributed by atoms with E-state index in [1.165, 1.54) is 24.3 Å². The van der Waals surface area contributed by atoms with E-state index < -0.39 is 10.0 Å². The maximum atomic E-state index is 12.8. The molecule has 0 saturated carbocycles. The molecule has 1 aliphatic heterocycles. The summed E-state index contributed by atoms with van der Waals surface area (Å²) >= 11 is 0. The zero-order valence-electron chi connectivity index (χ0n) is 20.0. The molecule has 2 aromatic heterocycles. The molecule has 4 aromatic rings. The summed E-state index contributed by atoms with van der Waals surface area (Å²) in [6.07, 6.45) is 1.99. The van der Waals surface area contributed by atoms with Crippen molar-refractivity contribution in [3.8, 4) is 17.4 Å². The summed E-state index contributed by atoms with van der Waals surface area (Å²) in [4.78, 5) is 29.1. The minimum absolute atomic E-state index is 0.00522. The number of hydrogen-bond donors (Lipinski definition) is 1. The smallest absolute Gasteiger partial charge is 0.261 e. The number of ether oxygens (including phenoxy) is 1. The largest absolute Gasteiger partial charge is 0.438 e. The SMILES string of the molecule is Cc1ncn(-c2ccc(Oc3ccc(NS(=O)(=O)c4ccc(N5C(=O)CCC5=O)cc4)cc3)nn2)c1C. The van der Waals surface area contributed by atoms with Crippen LogP contribution in [0.1, 0.15) is 24.2 Å². The van der Waals surface area contributed by atoms with Crippen LogP contribution in [0.5, 0.6) is 11.6 Å². The summed E-state index contributed by atoms with van der Waals surface area (Å²) in [6, 6.07) is 15.3. The monoisotopic (exact) mass is 518 g/mol. The van der Waals surface area contributed by atoms with Crippen LogP contribution in [0.4, 0.5) is 11.4 Å². The van der Waals surface area contributed by atoms with Crippen molar-refractivity contribution in [2.45, 2.75) is 31.6 Å². The molecule has 0 spiro atoms. The molecule has 12 heteroatoms. The third-order valence-corrected chi connectivity index (χ3v) is 7.31. The van der Waals surface area contributed by atoms with Gasteiger partial charge >= 0.3 is 0 Å². The molecule has 37 heavy (non-hydrogen) atoms. The number of aryl methyl sites for hydroxylation is 1. The molecule has 1 aliphatic rings. The minimum atomic E-state index is -3.89. The lowest BCUT2D eigenvalue weighted by Gasteiger charge is -2.14. The van der Waals surface area contributed by atoms with Gasteiger partial charge in [0, 0.05) is 30.3 Å². The van der Waals surface area contributed by atoms with E-state index in [2.05, 4.69) is 19.9 Å². The van der Waals surface area contributed by atoms with Crippen LogP contribution in [0, 0.1) is 13.8 Å². The highest BCUT2D eigenvalue weighted by Gasteiger charge is 2.30. The van der Waals surface area contributed by atoms with Crippen molar-refractivity contribution in [1.82, 2.24) is 19.7 Å². The average molecular weight is 519 g/mol. The van der Waals surface area contributed by atoms with Gasteiger partial charge in [-0.25, -0.2) is 13.4 Å². The van der Waals surface area contributed by atoms with Gasteiger partial charge in [-0.3, -0.25) is 23.8 Å². The number of sulfonamides is 1. The van der Waals surface area contributed by atoms with Gasteiger partial charge in [-0.15, -0.1) is 10.2 Å². The van der Waals surface area contributed by atoms with Gasteiger partial charge in [-0.2, -0.15) is 0 Å². The number of carbonyl (C=O) groups excluding carboxylic acids is 2. The Balaban J connectivity index is 1.24. The van der Waals surface area contributed by atoms with Gasteiger partial charge < -0.3 is 4.74 Å². The van der Waals surface area contributed by atoms with Crippen molar-refractivity contribution in [3.63, 3.8) is 0 Å². The number of carbonyl (C=O) groups is 2. The fourth-order valence-electron chi connectivity index (χ4n) is 3.79. The second-order valence-corrected chi connectivity index (χ2v) is 10.0. The van der Waals surface area contributed by atoms with Crippen molar-refractivity contribution in [3.05, 3.63) is 78.4 Å². The molecule has 1 N–H and O–H groups in total. The Morgan fingerprint density at radius 3 is 2.11 bits per heavy atom. The van der Waals surface area contributed by atoms with Gasteiger partial charge in [-0.05, 0) is 68.4 Å². The molecule has 0 bridgehead atoms. The Bertz CT molecular complexity index is 1560. The molecule has 188 valence electrons. The van der Waals surface area contributed by atoms with E-state index in [9.17, 15) is 18.0 Å². The van der Waals surface area contributed by atoms with Gasteiger partial charge in [0.2, 0.25) is 17.7 Å². The Labute approximate surface area is 212 Å². The summed E-state index contributed by atoms with van der Waals surface area (Å²) in [5, 5.41) is 8.26. The third kappa shape index (κ3) is 4.91. The minimum Gasteiger partial charge on any atom is -0.438 e. The van der Waals surface area contributed by atoms with Crippen LogP contribution >= 0.6 is 0 Å². The molecule has 11 nitrogen and oxygen atoms in total. The zero-order chi connectivity index (χ0) is 26.2. The first kappa shape index (κ1) is 24.1. The summed E-state index contributed by atoms with van der Waals surface area (Å²) in [5.74, 6) is 0.741. The molecule has 1 saturated heterocycles. The van der Waals surface area contributed by atoms with E-state index in [4.69, 9.17) is 4.74 Å². The number of nitrogens with one attached hydrogen (secondary N) is 1. The molecule has 0 atom stereocenters. The number of aromatic nitrogens is 4. The van der Waals surface area contributed by atoms with Crippen LogP contribution in [-0.2, 0) is 19.6 Å². The van der Waals surface area contributed by atoms with Crippen molar-refractivity contribution in [2.24, 2.45) is 0 Å². The van der Waals surface area contributed by atoms with E-state index in [-0.39, 0.29) is 35.4 Å². The number of nitrogens with zero attached hydrogens (tertiary/aromatic N) is 5. The second kappa shape index (κ2) is 9.47. The first-order chi connectivity index (χ1) is 17.7. The number of imidazole rings is 1. The molecular weight excluding hydrogens is 496 g/mol. The first-order valence-electron chi connectivity index (χ1n) is 11.3. The zero-order valence-corrected chi connectivity index (χ0v) is 20.8. The lowest BCUT2D eigenvalue weighted by atomic mass is 10.3. The van der Waals surface area contributed by atoms with Crippen LogP contribution in [-0.4, -0.2) is 40.0 Å². The lowest BCUT2D eigenvalue weighted by molar-refractivity contribution is -0.121. The van der Waals surface area contributed by atoms with Crippen LogP contribution < -0.4 is 14.4 Å². The van der Waals surface area contributed by atoms with Crippen molar-refractivity contribution >= 4 is 33.2 Å². The lowest BCUT2D eigenvalue weighted by Crippen LogP contribution is -2.28. The van der Waals surface area contributed by atoms with E-state index in [1.54, 1.807) is 42.7 Å². The number of hydrogen-bond acceptors (Lipinski definition) is 8. The van der Waals surface area contributed by atoms with Gasteiger partial charge in [0.05, 0.1) is 16.3 Å². The van der Waals surface area contributed by atoms with Crippen molar-refractivity contribution in [1.29, 1.82) is 0 Å². The molecule has 1 fully saturated rings. The molecule has 0 aliphatic carbocycles. The molecule has 2 amide bonds. The first-order valence-corrected chi connectivity index (χ1v) is 12.8. The van der Waals surface area contributed by atoms with Crippen molar-refractivity contribution in [2.75, 3.05) is 9.62 Å². The molecule has 3 heterocycles. The average Bonchev–Trinajstić information content (AvgIpc) is 3.40. The summed E-state index contributed by atoms with van der Waals surface area (Å²) in [7, 11) is -3.89. The maximum absolute atomic E-state index is 12.8. The predicted molar refractivity (Wildman–Crippen MR) is 134 cm³/mol. The number of rotatable bonds is 7. The van der Waals surface area contributed by atoms with E-state index in [0.717, 1.165) is 16.3 Å². The van der Waals surface area contributed by atoms with E-state index in [0.29, 0.717) is 22.9 Å². The number of imide groups is 1. The van der Waals surface area contributed by atoms with Crippen LogP contribution in [0.15, 0.2) is 71.9 Å². The van der Waals surface area contributed by atoms with Crippen LogP contribution in [0.2, 0.25) is 0 Å². The van der Waals surface area contributed by atoms with E-state index in [1.807, 2.05) is 18.4 Å². The highest BCUT2D eigenvalue weighted by Crippen LogP contribution is 2.26. The summed E-state index contributed by atoms with van der Waals surface area (Å²) in [5.41, 5.74) is 2.55. The summed E-state index contributed by atoms with van der Waals surface area (Å²) in [6.45, 7) is 3.86. The van der Waals surface area contributed by atoms with Crippen LogP contribution in [0.25, 0.3) is 5.82 Å². The Morgan fingerprint density at radius 2 is 1.54 bits per heavy atom. The van der Waals surface area contributed by atoms with Gasteiger partial charge in [0.25, 0.3) is 10.0 Å². The number of benzene rings is 2. The molecular formula is C25H22N6O5S. The normalized spacial score (nSPS) is 13.7. The molecule has 2 aromatic carbocycles. The van der Waals surface area contributed by atoms with Crippen LogP contribution in [0.3, 0.4) is 0 Å². The molecule has 0 radical (unpaired) electrons. The molecule has 5 rings (SSSR count). The predicted octanol–water partition coefficient (Wildman–Crippen LogP) is 3.53. The second-order valence-electron chi connectivity index (χ2n) is 8.36. The highest BCUT2D eigenvalue weighted by molar-refractivity contribution is 7.92. The topological polar surface area (TPSA) is 136 Å². The third-order valence-electron chi connectivity index (χ3n) is 5.91. The highest BCUT2D eigenvalue weighted by atomic mass is 32.2. The Kier molecular flexibility index (Phi) is 6.17. The van der Waals surface area contributed by atoms with Gasteiger partial charge in [0.1, 0.15) is 12.1 Å². The van der Waals surface area contributed by atoms with Crippen molar-refractivity contribution < 1.29 is 22.7 Å². The maximum Gasteiger partial charge on any atom is 0.261 e. The van der Waals surface area contributed by atoms with Gasteiger partial charge in [-0.1, -0.05) is 0 Å². The number of amides is 2.